The molecule has 1 amide bonds. The van der Waals surface area contributed by atoms with E-state index in [4.69, 9.17) is 4.74 Å². The molecule has 0 saturated carbocycles. The molecule has 0 spiro atoms. The predicted molar refractivity (Wildman–Crippen MR) is 306 cm³/mol. The van der Waals surface area contributed by atoms with E-state index >= 15 is 0 Å². The van der Waals surface area contributed by atoms with Crippen molar-refractivity contribution in [3.63, 3.8) is 0 Å². The van der Waals surface area contributed by atoms with Crippen molar-refractivity contribution >= 4 is 11.9 Å². The van der Waals surface area contributed by atoms with Gasteiger partial charge < -0.3 is 20.3 Å². The monoisotopic (exact) mass is 982 g/mol. The summed E-state index contributed by atoms with van der Waals surface area (Å²) in [5.41, 5.74) is 0. The van der Waals surface area contributed by atoms with E-state index in [0.717, 1.165) is 51.4 Å². The highest BCUT2D eigenvalue weighted by Gasteiger charge is 2.18. The first-order valence-electron chi connectivity index (χ1n) is 30.9. The van der Waals surface area contributed by atoms with E-state index in [1.165, 1.54) is 244 Å². The number of rotatable bonds is 57. The van der Waals surface area contributed by atoms with Crippen LogP contribution in [0.3, 0.4) is 0 Å². The lowest BCUT2D eigenvalue weighted by molar-refractivity contribution is -0.143. The maximum Gasteiger partial charge on any atom is 0.305 e. The molecule has 0 aliphatic heterocycles. The number of allylic oxidation sites excluding steroid dienone is 7. The Labute approximate surface area is 436 Å². The zero-order valence-electron chi connectivity index (χ0n) is 46.7. The molecule has 0 rings (SSSR count). The van der Waals surface area contributed by atoms with Gasteiger partial charge in [-0.2, -0.15) is 0 Å². The van der Waals surface area contributed by atoms with Crippen LogP contribution in [-0.2, 0) is 14.3 Å². The van der Waals surface area contributed by atoms with Gasteiger partial charge in [-0.05, 0) is 83.5 Å². The van der Waals surface area contributed by atoms with Crippen LogP contribution >= 0.6 is 0 Å². The molecule has 0 aliphatic carbocycles. The van der Waals surface area contributed by atoms with Crippen LogP contribution in [0, 0.1) is 0 Å². The molecule has 0 aromatic heterocycles. The number of hydrogen-bond donors (Lipinski definition) is 3. The molecule has 0 radical (unpaired) electrons. The van der Waals surface area contributed by atoms with Crippen molar-refractivity contribution in [2.75, 3.05) is 13.2 Å². The molecule has 2 atom stereocenters. The molecular weight excluding hydrogens is 863 g/mol. The first kappa shape index (κ1) is 67.8. The zero-order valence-corrected chi connectivity index (χ0v) is 46.7. The highest BCUT2D eigenvalue weighted by Crippen LogP contribution is 2.16. The second kappa shape index (κ2) is 59.4. The number of hydrogen-bond acceptors (Lipinski definition) is 5. The van der Waals surface area contributed by atoms with E-state index in [9.17, 15) is 19.8 Å². The SMILES string of the molecule is CCCC/C=C\C/C=C\CCCCCCCC(=O)OCCCCCCCCCCCCCC/C=C\CCCCCCCCCCCC(=O)NC(CO)C(O)/C=C/CCCCCCCCCCCCCC. The molecule has 6 nitrogen and oxygen atoms in total. The largest absolute Gasteiger partial charge is 0.466 e. The van der Waals surface area contributed by atoms with Gasteiger partial charge in [-0.1, -0.05) is 274 Å². The van der Waals surface area contributed by atoms with Gasteiger partial charge in [0.1, 0.15) is 0 Å². The van der Waals surface area contributed by atoms with Gasteiger partial charge in [0.15, 0.2) is 0 Å². The average Bonchev–Trinajstić information content (AvgIpc) is 3.36. The number of ether oxygens (including phenoxy) is 1. The third-order valence-corrected chi connectivity index (χ3v) is 14.1. The van der Waals surface area contributed by atoms with E-state index in [1.807, 2.05) is 6.08 Å². The van der Waals surface area contributed by atoms with Crippen LogP contribution in [0.2, 0.25) is 0 Å². The van der Waals surface area contributed by atoms with Crippen molar-refractivity contribution in [3.8, 4) is 0 Å². The average molecular weight is 983 g/mol. The van der Waals surface area contributed by atoms with Crippen LogP contribution in [0.25, 0.3) is 0 Å². The van der Waals surface area contributed by atoms with Gasteiger partial charge in [0, 0.05) is 12.8 Å². The number of esters is 1. The lowest BCUT2D eigenvalue weighted by Gasteiger charge is -2.20. The standard InChI is InChI=1S/C64H119NO5/c1-3-5-7-9-11-13-15-17-32-36-40-44-48-52-56-62(67)61(60-66)65-63(68)57-53-49-45-41-37-33-30-28-26-24-22-20-19-21-23-25-27-29-31-35-39-43-47-51-55-59-70-64(69)58-54-50-46-42-38-34-18-16-14-12-10-8-6-4-2/h10,12,16,18,20,22,52,56,61-62,66-67H,3-9,11,13-15,17,19,21,23-51,53-55,57-60H2,1-2H3,(H,65,68)/b12-10-,18-16-,22-20-,56-52+. The molecule has 0 saturated heterocycles. The minimum Gasteiger partial charge on any atom is -0.466 e. The second-order valence-electron chi connectivity index (χ2n) is 21.0. The fourth-order valence-corrected chi connectivity index (χ4v) is 9.29. The van der Waals surface area contributed by atoms with Crippen LogP contribution in [0.15, 0.2) is 48.6 Å². The minimum absolute atomic E-state index is 0.00204. The Kier molecular flexibility index (Phi) is 57.5. The van der Waals surface area contributed by atoms with Crippen LogP contribution in [0.4, 0.5) is 0 Å². The summed E-state index contributed by atoms with van der Waals surface area (Å²) in [7, 11) is 0. The Morgan fingerprint density at radius 1 is 0.400 bits per heavy atom. The first-order chi connectivity index (χ1) is 34.5. The third kappa shape index (κ3) is 55.1. The fourth-order valence-electron chi connectivity index (χ4n) is 9.29. The highest BCUT2D eigenvalue weighted by molar-refractivity contribution is 5.76. The van der Waals surface area contributed by atoms with Gasteiger partial charge in [-0.15, -0.1) is 0 Å². The second-order valence-corrected chi connectivity index (χ2v) is 21.0. The van der Waals surface area contributed by atoms with Crippen molar-refractivity contribution in [1.82, 2.24) is 5.32 Å². The number of unbranched alkanes of at least 4 members (excludes halogenated alkanes) is 40. The summed E-state index contributed by atoms with van der Waals surface area (Å²) >= 11 is 0. The Bertz CT molecular complexity index is 1180. The van der Waals surface area contributed by atoms with E-state index in [2.05, 4.69) is 55.6 Å². The summed E-state index contributed by atoms with van der Waals surface area (Å²) in [6.45, 7) is 4.86. The lowest BCUT2D eigenvalue weighted by Crippen LogP contribution is -2.45. The maximum atomic E-state index is 12.5. The normalized spacial score (nSPS) is 12.9. The van der Waals surface area contributed by atoms with E-state index in [1.54, 1.807) is 6.08 Å². The summed E-state index contributed by atoms with van der Waals surface area (Å²) in [5, 5.41) is 23.1. The molecule has 410 valence electrons. The summed E-state index contributed by atoms with van der Waals surface area (Å²) < 4.78 is 5.47. The Balaban J connectivity index is 3.42. The molecule has 3 N–H and O–H groups in total. The summed E-state index contributed by atoms with van der Waals surface area (Å²) in [4.78, 5) is 24.5. The quantitative estimate of drug-likeness (QED) is 0.0321. The van der Waals surface area contributed by atoms with E-state index < -0.39 is 12.1 Å². The number of aliphatic hydroxyl groups is 2. The smallest absolute Gasteiger partial charge is 0.305 e. The maximum absolute atomic E-state index is 12.5. The molecule has 0 bridgehead atoms. The van der Waals surface area contributed by atoms with Gasteiger partial charge in [0.2, 0.25) is 5.91 Å². The molecule has 2 unspecified atom stereocenters. The van der Waals surface area contributed by atoms with Crippen molar-refractivity contribution in [3.05, 3.63) is 48.6 Å². The van der Waals surface area contributed by atoms with Gasteiger partial charge in [-0.3, -0.25) is 9.59 Å². The highest BCUT2D eigenvalue weighted by atomic mass is 16.5. The Morgan fingerprint density at radius 3 is 1.14 bits per heavy atom. The molecule has 6 heteroatoms. The van der Waals surface area contributed by atoms with E-state index in [-0.39, 0.29) is 18.5 Å². The van der Waals surface area contributed by atoms with Gasteiger partial charge in [0.05, 0.1) is 25.4 Å². The molecule has 0 fully saturated rings. The fraction of sp³-hybridized carbons (Fsp3) is 0.844. The van der Waals surface area contributed by atoms with Crippen molar-refractivity contribution < 1.29 is 24.5 Å². The number of carbonyl (C=O) groups excluding carboxylic acids is 2. The molecule has 0 aromatic rings. The van der Waals surface area contributed by atoms with Crippen LogP contribution < -0.4 is 5.32 Å². The van der Waals surface area contributed by atoms with Crippen LogP contribution in [0.1, 0.15) is 322 Å². The van der Waals surface area contributed by atoms with Crippen molar-refractivity contribution in [2.45, 2.75) is 334 Å². The molecule has 0 heterocycles. The van der Waals surface area contributed by atoms with Crippen molar-refractivity contribution in [2.24, 2.45) is 0 Å². The number of carbonyl (C=O) groups is 2. The van der Waals surface area contributed by atoms with Gasteiger partial charge in [-0.25, -0.2) is 0 Å². The number of aliphatic hydroxyl groups excluding tert-OH is 2. The topological polar surface area (TPSA) is 95.9 Å². The van der Waals surface area contributed by atoms with E-state index in [0.29, 0.717) is 19.4 Å². The van der Waals surface area contributed by atoms with Gasteiger partial charge >= 0.3 is 5.97 Å². The van der Waals surface area contributed by atoms with Crippen LogP contribution in [-0.4, -0.2) is 47.4 Å². The van der Waals surface area contributed by atoms with Gasteiger partial charge in [0.25, 0.3) is 0 Å². The summed E-state index contributed by atoms with van der Waals surface area (Å²) in [5.74, 6) is -0.0730. The molecule has 70 heavy (non-hydrogen) atoms. The molecular formula is C64H119NO5. The first-order valence-corrected chi connectivity index (χ1v) is 30.9. The predicted octanol–water partition coefficient (Wildman–Crippen LogP) is 19.4. The summed E-state index contributed by atoms with van der Waals surface area (Å²) in [6.07, 6.45) is 75.8. The molecule has 0 aromatic carbocycles. The lowest BCUT2D eigenvalue weighted by atomic mass is 10.0. The Hall–Kier alpha value is -2.18. The number of amides is 1. The zero-order chi connectivity index (χ0) is 50.7. The minimum atomic E-state index is -0.846. The number of nitrogens with one attached hydrogen (secondary N) is 1. The van der Waals surface area contributed by atoms with Crippen molar-refractivity contribution in [1.29, 1.82) is 0 Å². The Morgan fingerprint density at radius 2 is 0.729 bits per heavy atom. The summed E-state index contributed by atoms with van der Waals surface area (Å²) in [6, 6.07) is -0.630. The molecule has 0 aliphatic rings. The van der Waals surface area contributed by atoms with Crippen LogP contribution in [0.5, 0.6) is 0 Å². The third-order valence-electron chi connectivity index (χ3n) is 14.1.